The summed E-state index contributed by atoms with van der Waals surface area (Å²) in [5, 5.41) is -0.0950. The molecule has 1 aliphatic heterocycles. The van der Waals surface area contributed by atoms with Gasteiger partial charge in [-0.25, -0.2) is 0 Å². The van der Waals surface area contributed by atoms with Gasteiger partial charge in [0.2, 0.25) is 0 Å². The molecule has 0 N–H and O–H groups in total. The average Bonchev–Trinajstić information content (AvgIpc) is 2.01. The van der Waals surface area contributed by atoms with Crippen molar-refractivity contribution in [3.05, 3.63) is 10.7 Å². The Kier molecular flexibility index (Phi) is 2.94. The van der Waals surface area contributed by atoms with Crippen LogP contribution in [-0.2, 0) is 0 Å². The van der Waals surface area contributed by atoms with Gasteiger partial charge in [0, 0.05) is 0 Å². The number of rotatable bonds is 1. The van der Waals surface area contributed by atoms with Crippen molar-refractivity contribution in [3.63, 3.8) is 0 Å². The van der Waals surface area contributed by atoms with Crippen molar-refractivity contribution >= 4 is 67.9 Å². The van der Waals surface area contributed by atoms with Crippen LogP contribution in [0.1, 0.15) is 0 Å². The number of carbonyl (C=O) groups is 1. The zero-order valence-electron chi connectivity index (χ0n) is 6.22. The molecule has 1 aliphatic rings. The SMILES string of the molecule is CN1C(=O)N(/C(Cl)=C\Cl)P1(Cl)(Cl)Cl. The molecule has 0 aromatic carbocycles. The predicted molar refractivity (Wildman–Crippen MR) is 59.3 cm³/mol. The van der Waals surface area contributed by atoms with Gasteiger partial charge in [-0.05, 0) is 0 Å². The molecule has 1 saturated heterocycles. The molecule has 0 aliphatic carbocycles. The summed E-state index contributed by atoms with van der Waals surface area (Å²) in [6.07, 6.45) is 0. The number of urea groups is 1. The van der Waals surface area contributed by atoms with Crippen molar-refractivity contribution in [1.29, 1.82) is 0 Å². The first-order valence-corrected chi connectivity index (χ1v) is 8.60. The van der Waals surface area contributed by atoms with Gasteiger partial charge in [0.05, 0.1) is 0 Å². The zero-order valence-corrected chi connectivity index (χ0v) is 10.9. The molecule has 0 saturated carbocycles. The Morgan fingerprint density at radius 3 is 2.23 bits per heavy atom. The molecule has 9 heteroatoms. The third-order valence-electron chi connectivity index (χ3n) is 1.54. The second kappa shape index (κ2) is 3.19. The summed E-state index contributed by atoms with van der Waals surface area (Å²) in [6.45, 7) is 0. The van der Waals surface area contributed by atoms with Gasteiger partial charge >= 0.3 is 99.8 Å². The van der Waals surface area contributed by atoms with Gasteiger partial charge in [0.1, 0.15) is 0 Å². The van der Waals surface area contributed by atoms with Gasteiger partial charge in [-0.3, -0.25) is 0 Å². The molecular weight excluding hydrogens is 300 g/mol. The van der Waals surface area contributed by atoms with E-state index in [9.17, 15) is 4.79 Å². The summed E-state index contributed by atoms with van der Waals surface area (Å²) < 4.78 is 1.92. The fourth-order valence-corrected chi connectivity index (χ4v) is 4.99. The Morgan fingerprint density at radius 2 is 1.92 bits per heavy atom. The first-order chi connectivity index (χ1) is 5.71. The van der Waals surface area contributed by atoms with Crippen LogP contribution in [0.15, 0.2) is 10.7 Å². The van der Waals surface area contributed by atoms with Gasteiger partial charge in [-0.2, -0.15) is 0 Å². The van der Waals surface area contributed by atoms with Crippen molar-refractivity contribution < 1.29 is 4.79 Å². The Labute approximate surface area is 99.5 Å². The van der Waals surface area contributed by atoms with E-state index in [0.717, 1.165) is 14.9 Å². The summed E-state index contributed by atoms with van der Waals surface area (Å²) in [4.78, 5) is 7.38. The number of nitrogens with zero attached hydrogens (tertiary/aromatic N) is 2. The molecule has 76 valence electrons. The van der Waals surface area contributed by atoms with Crippen molar-refractivity contribution in [2.24, 2.45) is 0 Å². The summed E-state index contributed by atoms with van der Waals surface area (Å²) >= 11 is 28.4. The van der Waals surface area contributed by atoms with Crippen LogP contribution >= 0.6 is 61.9 Å². The van der Waals surface area contributed by atoms with E-state index >= 15 is 0 Å². The molecule has 2 amide bonds. The van der Waals surface area contributed by atoms with E-state index in [2.05, 4.69) is 0 Å². The molecule has 1 heterocycles. The molecule has 0 aromatic rings. The predicted octanol–water partition coefficient (Wildman–Crippen LogP) is 4.48. The van der Waals surface area contributed by atoms with E-state index in [1.807, 2.05) is 0 Å². The minimum absolute atomic E-state index is 0.0950. The third kappa shape index (κ3) is 1.60. The summed E-state index contributed by atoms with van der Waals surface area (Å²) in [6, 6.07) is -0.487. The molecule has 0 atom stereocenters. The molecule has 3 nitrogen and oxygen atoms in total. The van der Waals surface area contributed by atoms with E-state index in [1.54, 1.807) is 0 Å². The van der Waals surface area contributed by atoms with Crippen LogP contribution in [-0.4, -0.2) is 22.4 Å². The van der Waals surface area contributed by atoms with Gasteiger partial charge in [0.25, 0.3) is 0 Å². The summed E-state index contributed by atoms with van der Waals surface area (Å²) in [5.74, 6) is 0. The second-order valence-electron chi connectivity index (χ2n) is 2.28. The third-order valence-corrected chi connectivity index (χ3v) is 7.80. The normalized spacial score (nSPS) is 29.2. The molecule has 0 aromatic heterocycles. The standard InChI is InChI=1S/C4H4Cl5N2OP/c1-10-4(12)11(3(6)2-5)13(10,7,8)9/h2H,1H3/b3-2-. The monoisotopic (exact) mass is 302 g/mol. The second-order valence-corrected chi connectivity index (χ2v) is 12.7. The molecule has 1 fully saturated rings. The molecule has 0 spiro atoms. The number of hydrogen-bond acceptors (Lipinski definition) is 1. The van der Waals surface area contributed by atoms with Crippen LogP contribution in [0.5, 0.6) is 0 Å². The maximum atomic E-state index is 11.2. The summed E-state index contributed by atoms with van der Waals surface area (Å²) in [7, 11) is 1.39. The van der Waals surface area contributed by atoms with E-state index in [-0.39, 0.29) is 5.16 Å². The van der Waals surface area contributed by atoms with Crippen molar-refractivity contribution in [3.8, 4) is 0 Å². The van der Waals surface area contributed by atoms with Crippen LogP contribution in [0.4, 0.5) is 4.79 Å². The maximum absolute atomic E-state index is 11.2. The number of carbonyl (C=O) groups excluding carboxylic acids is 1. The first kappa shape index (κ1) is 12.0. The van der Waals surface area contributed by atoms with Gasteiger partial charge < -0.3 is 0 Å². The quantitative estimate of drug-likeness (QED) is 0.518. The topological polar surface area (TPSA) is 23.6 Å². The van der Waals surface area contributed by atoms with E-state index in [1.165, 1.54) is 7.05 Å². The summed E-state index contributed by atoms with van der Waals surface area (Å²) in [5.41, 5.74) is 0.973. The molecule has 13 heavy (non-hydrogen) atoms. The average molecular weight is 304 g/mol. The Balaban J connectivity index is 3.09. The molecule has 0 radical (unpaired) electrons. The number of amides is 2. The Hall–Kier alpha value is 0.890. The van der Waals surface area contributed by atoms with Crippen LogP contribution in [0.3, 0.4) is 0 Å². The van der Waals surface area contributed by atoms with Gasteiger partial charge in [0.15, 0.2) is 0 Å². The van der Waals surface area contributed by atoms with E-state index in [4.69, 9.17) is 56.9 Å². The van der Waals surface area contributed by atoms with E-state index < -0.39 is 11.0 Å². The van der Waals surface area contributed by atoms with Crippen molar-refractivity contribution in [2.45, 2.75) is 0 Å². The molecular formula is C4H4Cl5N2OP. The van der Waals surface area contributed by atoms with Gasteiger partial charge in [-0.1, -0.05) is 0 Å². The van der Waals surface area contributed by atoms with Crippen molar-refractivity contribution in [1.82, 2.24) is 9.34 Å². The minimum atomic E-state index is -3.85. The molecule has 0 bridgehead atoms. The zero-order chi connectivity index (χ0) is 10.5. The molecule has 1 rings (SSSR count). The van der Waals surface area contributed by atoms with Crippen molar-refractivity contribution in [2.75, 3.05) is 7.05 Å². The number of hydrogen-bond donors (Lipinski definition) is 0. The van der Waals surface area contributed by atoms with Crippen LogP contribution < -0.4 is 0 Å². The van der Waals surface area contributed by atoms with Crippen LogP contribution in [0.25, 0.3) is 0 Å². The fourth-order valence-electron chi connectivity index (χ4n) is 0.793. The Morgan fingerprint density at radius 1 is 1.46 bits per heavy atom. The van der Waals surface area contributed by atoms with Crippen LogP contribution in [0.2, 0.25) is 0 Å². The number of halogens is 5. The van der Waals surface area contributed by atoms with E-state index in [0.29, 0.717) is 0 Å². The first-order valence-electron chi connectivity index (χ1n) is 2.93. The van der Waals surface area contributed by atoms with Gasteiger partial charge in [-0.15, -0.1) is 0 Å². The van der Waals surface area contributed by atoms with Crippen LogP contribution in [0, 0.1) is 0 Å². The fraction of sp³-hybridized carbons (Fsp3) is 0.250. The molecule has 0 unspecified atom stereocenters. The Bertz CT molecular complexity index is 297.